The Morgan fingerprint density at radius 2 is 1.55 bits per heavy atom. The molecule has 31 heavy (non-hydrogen) atoms. The number of aromatic nitrogens is 2. The summed E-state index contributed by atoms with van der Waals surface area (Å²) in [6, 6.07) is 23.0. The van der Waals surface area contributed by atoms with E-state index in [1.807, 2.05) is 78.9 Å². The van der Waals surface area contributed by atoms with Crippen LogP contribution in [0.4, 0.5) is 0 Å². The van der Waals surface area contributed by atoms with E-state index in [1.54, 1.807) is 4.40 Å². The fourth-order valence-corrected chi connectivity index (χ4v) is 4.52. The first-order valence-corrected chi connectivity index (χ1v) is 11.3. The summed E-state index contributed by atoms with van der Waals surface area (Å²) in [4.78, 5) is 18.1. The van der Waals surface area contributed by atoms with Gasteiger partial charge in [0.05, 0.1) is 15.6 Å². The molecule has 0 bridgehead atoms. The number of ether oxygens (including phenoxy) is 2. The Morgan fingerprint density at radius 3 is 2.26 bits per heavy atom. The van der Waals surface area contributed by atoms with Crippen LogP contribution in [0.3, 0.4) is 0 Å². The summed E-state index contributed by atoms with van der Waals surface area (Å²) in [5.74, 6) is 1.56. The van der Waals surface area contributed by atoms with E-state index in [4.69, 9.17) is 9.47 Å². The maximum absolute atomic E-state index is 12.8. The van der Waals surface area contributed by atoms with Gasteiger partial charge in [0.1, 0.15) is 24.7 Å². The number of para-hydroxylation sites is 2. The topological polar surface area (TPSA) is 52.8 Å². The van der Waals surface area contributed by atoms with Crippen molar-refractivity contribution in [1.29, 1.82) is 0 Å². The molecule has 0 amide bonds. The van der Waals surface area contributed by atoms with Crippen LogP contribution in [0, 0.1) is 0 Å². The van der Waals surface area contributed by atoms with Crippen LogP contribution in [0.1, 0.15) is 5.56 Å². The largest absolute Gasteiger partial charge is 0.490 e. The normalized spacial score (nSPS) is 12.0. The van der Waals surface area contributed by atoms with E-state index in [2.05, 4.69) is 20.9 Å². The highest BCUT2D eigenvalue weighted by Gasteiger charge is 2.10. The van der Waals surface area contributed by atoms with E-state index in [9.17, 15) is 4.79 Å². The summed E-state index contributed by atoms with van der Waals surface area (Å²) < 4.78 is 14.7. The maximum atomic E-state index is 12.8. The van der Waals surface area contributed by atoms with Crippen molar-refractivity contribution in [2.75, 3.05) is 13.2 Å². The molecule has 0 aliphatic heterocycles. The highest BCUT2D eigenvalue weighted by Crippen LogP contribution is 2.18. The molecule has 5 aromatic rings. The monoisotopic (exact) mass is 492 g/mol. The molecule has 154 valence electrons. The second kappa shape index (κ2) is 8.53. The number of thiazole rings is 1. The molecule has 0 saturated heterocycles. The highest BCUT2D eigenvalue weighted by atomic mass is 79.9. The van der Waals surface area contributed by atoms with Crippen LogP contribution >= 0.6 is 27.3 Å². The summed E-state index contributed by atoms with van der Waals surface area (Å²) in [6.45, 7) is 0.900. The summed E-state index contributed by atoms with van der Waals surface area (Å²) >= 11 is 4.80. The molecule has 5 rings (SSSR count). The molecule has 0 spiro atoms. The third kappa shape index (κ3) is 4.19. The molecule has 0 saturated carbocycles. The van der Waals surface area contributed by atoms with Gasteiger partial charge < -0.3 is 9.47 Å². The van der Waals surface area contributed by atoms with E-state index in [1.165, 1.54) is 11.3 Å². The lowest BCUT2D eigenvalue weighted by Crippen LogP contribution is -2.22. The Kier molecular flexibility index (Phi) is 5.44. The number of rotatable bonds is 6. The zero-order valence-electron chi connectivity index (χ0n) is 16.3. The van der Waals surface area contributed by atoms with Crippen molar-refractivity contribution in [3.8, 4) is 11.5 Å². The molecule has 2 heterocycles. The van der Waals surface area contributed by atoms with Crippen LogP contribution in [0.2, 0.25) is 0 Å². The predicted octanol–water partition coefficient (Wildman–Crippen LogP) is 4.68. The molecule has 2 aromatic heterocycles. The summed E-state index contributed by atoms with van der Waals surface area (Å²) in [5, 5.41) is 0. The van der Waals surface area contributed by atoms with Crippen LogP contribution in [-0.4, -0.2) is 22.6 Å². The average Bonchev–Trinajstić information content (AvgIpc) is 3.30. The van der Waals surface area contributed by atoms with Gasteiger partial charge in [0.25, 0.3) is 5.56 Å². The molecule has 0 aliphatic rings. The Bertz CT molecular complexity index is 1460. The summed E-state index contributed by atoms with van der Waals surface area (Å²) in [6.07, 6.45) is 1.89. The number of nitrogens with zero attached hydrogens (tertiary/aromatic N) is 2. The van der Waals surface area contributed by atoms with Crippen molar-refractivity contribution >= 4 is 49.3 Å². The summed E-state index contributed by atoms with van der Waals surface area (Å²) in [5.41, 5.74) is 2.57. The Labute approximate surface area is 190 Å². The van der Waals surface area contributed by atoms with Gasteiger partial charge in [0, 0.05) is 4.47 Å². The standard InChI is InChI=1S/C24H17BrN2O3S/c25-17-7-11-19(12-8-17)30-14-13-29-18-9-5-16(6-10-18)15-22-23(28)27-21-4-2-1-3-20(21)26-24(27)31-22/h1-12,15H,13-14H2/b22-15-. The van der Waals surface area contributed by atoms with Gasteiger partial charge in [-0.15, -0.1) is 0 Å². The molecule has 7 heteroatoms. The quantitative estimate of drug-likeness (QED) is 0.323. The zero-order chi connectivity index (χ0) is 21.2. The fraction of sp³-hybridized carbons (Fsp3) is 0.0833. The van der Waals surface area contributed by atoms with E-state index in [-0.39, 0.29) is 5.56 Å². The van der Waals surface area contributed by atoms with Crippen molar-refractivity contribution in [2.24, 2.45) is 0 Å². The third-order valence-corrected chi connectivity index (χ3v) is 6.25. The second-order valence-corrected chi connectivity index (χ2v) is 8.78. The van der Waals surface area contributed by atoms with Crippen molar-refractivity contribution in [1.82, 2.24) is 9.38 Å². The molecule has 0 fully saturated rings. The highest BCUT2D eigenvalue weighted by molar-refractivity contribution is 9.10. The molecule has 3 aromatic carbocycles. The number of benzene rings is 3. The number of imidazole rings is 1. The number of halogens is 1. The van der Waals surface area contributed by atoms with E-state index < -0.39 is 0 Å². The van der Waals surface area contributed by atoms with Gasteiger partial charge in [-0.3, -0.25) is 4.79 Å². The molecule has 0 unspecified atom stereocenters. The second-order valence-electron chi connectivity index (χ2n) is 6.85. The van der Waals surface area contributed by atoms with E-state index >= 15 is 0 Å². The molecular weight excluding hydrogens is 476 g/mol. The Hall–Kier alpha value is -3.16. The van der Waals surface area contributed by atoms with Gasteiger partial charge in [0.2, 0.25) is 0 Å². The molecule has 0 aliphatic carbocycles. The van der Waals surface area contributed by atoms with Crippen molar-refractivity contribution < 1.29 is 9.47 Å². The van der Waals surface area contributed by atoms with Crippen LogP contribution in [0.25, 0.3) is 22.1 Å². The first-order chi connectivity index (χ1) is 15.2. The van der Waals surface area contributed by atoms with Gasteiger partial charge in [-0.2, -0.15) is 0 Å². The molecule has 0 radical (unpaired) electrons. The third-order valence-electron chi connectivity index (χ3n) is 4.76. The minimum Gasteiger partial charge on any atom is -0.490 e. The molecule has 5 nitrogen and oxygen atoms in total. The van der Waals surface area contributed by atoms with Crippen LogP contribution in [-0.2, 0) is 0 Å². The minimum absolute atomic E-state index is 0.0425. The first kappa shape index (κ1) is 19.8. The first-order valence-electron chi connectivity index (χ1n) is 9.70. The number of hydrogen-bond acceptors (Lipinski definition) is 5. The van der Waals surface area contributed by atoms with E-state index in [0.29, 0.717) is 22.7 Å². The van der Waals surface area contributed by atoms with Crippen LogP contribution < -0.4 is 19.6 Å². The van der Waals surface area contributed by atoms with Gasteiger partial charge in [0.15, 0.2) is 4.96 Å². The van der Waals surface area contributed by atoms with Crippen molar-refractivity contribution in [3.63, 3.8) is 0 Å². The number of fused-ring (bicyclic) bond motifs is 3. The van der Waals surface area contributed by atoms with Crippen LogP contribution in [0.15, 0.2) is 82.1 Å². The predicted molar refractivity (Wildman–Crippen MR) is 127 cm³/mol. The van der Waals surface area contributed by atoms with Gasteiger partial charge >= 0.3 is 0 Å². The van der Waals surface area contributed by atoms with Crippen molar-refractivity contribution in [3.05, 3.63) is 97.7 Å². The number of hydrogen-bond donors (Lipinski definition) is 0. The molecular formula is C24H17BrN2O3S. The Morgan fingerprint density at radius 1 is 0.903 bits per heavy atom. The summed E-state index contributed by atoms with van der Waals surface area (Å²) in [7, 11) is 0. The minimum atomic E-state index is -0.0425. The van der Waals surface area contributed by atoms with Gasteiger partial charge in [-0.1, -0.05) is 51.5 Å². The lowest BCUT2D eigenvalue weighted by atomic mass is 10.2. The fourth-order valence-electron chi connectivity index (χ4n) is 3.27. The average molecular weight is 493 g/mol. The zero-order valence-corrected chi connectivity index (χ0v) is 18.7. The molecule has 0 atom stereocenters. The molecule has 0 N–H and O–H groups in total. The maximum Gasteiger partial charge on any atom is 0.274 e. The van der Waals surface area contributed by atoms with Crippen LogP contribution in [0.5, 0.6) is 11.5 Å². The smallest absolute Gasteiger partial charge is 0.274 e. The lowest BCUT2D eigenvalue weighted by molar-refractivity contribution is 0.217. The Balaban J connectivity index is 1.26. The lowest BCUT2D eigenvalue weighted by Gasteiger charge is -2.08. The van der Waals surface area contributed by atoms with Crippen molar-refractivity contribution in [2.45, 2.75) is 0 Å². The van der Waals surface area contributed by atoms with E-state index in [0.717, 1.165) is 32.6 Å². The van der Waals surface area contributed by atoms with Gasteiger partial charge in [-0.25, -0.2) is 9.38 Å². The SMILES string of the molecule is O=c1/c(=C/c2ccc(OCCOc3ccc(Br)cc3)cc2)sc2nc3ccccc3n12. The van der Waals surface area contributed by atoms with Gasteiger partial charge in [-0.05, 0) is 60.2 Å².